The lowest BCUT2D eigenvalue weighted by Gasteiger charge is -1.80. The van der Waals surface area contributed by atoms with Crippen LogP contribution in [0, 0.1) is 0 Å². The first kappa shape index (κ1) is 6.21. The van der Waals surface area contributed by atoms with E-state index in [4.69, 9.17) is 5.84 Å². The number of nitrogens with two attached hydrogens (primary N) is 1. The Kier molecular flexibility index (Phi) is 3.02. The molecule has 0 atom stereocenters. The highest BCUT2D eigenvalue weighted by Crippen LogP contribution is 1.73. The van der Waals surface area contributed by atoms with Crippen molar-refractivity contribution < 1.29 is 0 Å². The number of hydrazone groups is 1. The quantitative estimate of drug-likeness (QED) is 0.295. The minimum atomic E-state index is 0.850. The molecule has 0 spiro atoms. The van der Waals surface area contributed by atoms with Gasteiger partial charge in [-0.05, 0) is 19.9 Å². The van der Waals surface area contributed by atoms with Gasteiger partial charge in [-0.3, -0.25) is 0 Å². The van der Waals surface area contributed by atoms with Crippen molar-refractivity contribution in [3.05, 3.63) is 12.2 Å². The molecule has 0 aliphatic rings. The molecular formula is C5H10N2. The lowest BCUT2D eigenvalue weighted by atomic mass is 10.4. The van der Waals surface area contributed by atoms with E-state index in [-0.39, 0.29) is 0 Å². The van der Waals surface area contributed by atoms with Crippen molar-refractivity contribution in [3.8, 4) is 0 Å². The second-order valence-corrected chi connectivity index (χ2v) is 1.27. The van der Waals surface area contributed by atoms with Crippen molar-refractivity contribution in [1.82, 2.24) is 0 Å². The van der Waals surface area contributed by atoms with Crippen LogP contribution in [0.2, 0.25) is 0 Å². The average Bonchev–Trinajstić information content (AvgIpc) is 1.68. The third kappa shape index (κ3) is 3.03. The van der Waals surface area contributed by atoms with Crippen LogP contribution in [-0.2, 0) is 0 Å². The van der Waals surface area contributed by atoms with E-state index >= 15 is 0 Å². The van der Waals surface area contributed by atoms with E-state index in [1.807, 2.05) is 26.0 Å². The zero-order valence-corrected chi connectivity index (χ0v) is 4.68. The van der Waals surface area contributed by atoms with E-state index < -0.39 is 0 Å². The van der Waals surface area contributed by atoms with Gasteiger partial charge in [-0.2, -0.15) is 5.10 Å². The highest BCUT2D eigenvalue weighted by Gasteiger charge is 1.72. The second-order valence-electron chi connectivity index (χ2n) is 1.27. The van der Waals surface area contributed by atoms with E-state index in [0.717, 1.165) is 5.71 Å². The molecule has 0 heterocycles. The van der Waals surface area contributed by atoms with Gasteiger partial charge in [0.1, 0.15) is 0 Å². The van der Waals surface area contributed by atoms with Gasteiger partial charge in [0.05, 0.1) is 5.71 Å². The van der Waals surface area contributed by atoms with Crippen LogP contribution in [0.5, 0.6) is 0 Å². The predicted octanol–water partition coefficient (Wildman–Crippen LogP) is 0.897. The van der Waals surface area contributed by atoms with Crippen molar-refractivity contribution in [2.45, 2.75) is 13.8 Å². The summed E-state index contributed by atoms with van der Waals surface area (Å²) >= 11 is 0. The summed E-state index contributed by atoms with van der Waals surface area (Å²) in [6, 6.07) is 0. The van der Waals surface area contributed by atoms with Crippen LogP contribution in [-0.4, -0.2) is 5.71 Å². The fourth-order valence-electron chi connectivity index (χ4n) is 0.284. The van der Waals surface area contributed by atoms with E-state index in [1.54, 1.807) is 0 Å². The maximum Gasteiger partial charge on any atom is 0.0566 e. The summed E-state index contributed by atoms with van der Waals surface area (Å²) < 4.78 is 0. The summed E-state index contributed by atoms with van der Waals surface area (Å²) in [6.07, 6.45) is 3.74. The molecule has 0 amide bonds. The molecule has 0 aromatic rings. The van der Waals surface area contributed by atoms with Crippen LogP contribution in [0.25, 0.3) is 0 Å². The fraction of sp³-hybridized carbons (Fsp3) is 0.400. The van der Waals surface area contributed by atoms with Crippen molar-refractivity contribution in [2.75, 3.05) is 0 Å². The van der Waals surface area contributed by atoms with Crippen LogP contribution in [0.4, 0.5) is 0 Å². The first-order valence-corrected chi connectivity index (χ1v) is 2.18. The Morgan fingerprint density at radius 1 is 1.71 bits per heavy atom. The van der Waals surface area contributed by atoms with Gasteiger partial charge in [0.2, 0.25) is 0 Å². The number of rotatable bonds is 1. The summed E-state index contributed by atoms with van der Waals surface area (Å²) in [5, 5.41) is 3.41. The second kappa shape index (κ2) is 3.40. The number of allylic oxidation sites excluding steroid dienone is 2. The largest absolute Gasteiger partial charge is 0.323 e. The Morgan fingerprint density at radius 2 is 2.29 bits per heavy atom. The van der Waals surface area contributed by atoms with Gasteiger partial charge in [0.25, 0.3) is 0 Å². The molecule has 0 aliphatic carbocycles. The van der Waals surface area contributed by atoms with Gasteiger partial charge < -0.3 is 5.84 Å². The van der Waals surface area contributed by atoms with Gasteiger partial charge in [-0.25, -0.2) is 0 Å². The molecule has 0 rings (SSSR count). The lowest BCUT2D eigenvalue weighted by molar-refractivity contribution is 1.24. The van der Waals surface area contributed by atoms with E-state index in [1.165, 1.54) is 0 Å². The van der Waals surface area contributed by atoms with Crippen molar-refractivity contribution in [1.29, 1.82) is 0 Å². The van der Waals surface area contributed by atoms with Gasteiger partial charge in [0.15, 0.2) is 0 Å². The third-order valence-electron chi connectivity index (χ3n) is 0.612. The average molecular weight is 98.1 g/mol. The van der Waals surface area contributed by atoms with Crippen LogP contribution in [0.3, 0.4) is 0 Å². The summed E-state index contributed by atoms with van der Waals surface area (Å²) in [7, 11) is 0. The zero-order chi connectivity index (χ0) is 5.70. The van der Waals surface area contributed by atoms with Gasteiger partial charge in [-0.15, -0.1) is 0 Å². The molecule has 0 fully saturated rings. The van der Waals surface area contributed by atoms with Crippen LogP contribution < -0.4 is 5.84 Å². The lowest BCUT2D eigenvalue weighted by Crippen LogP contribution is -1.89. The summed E-state index contributed by atoms with van der Waals surface area (Å²) in [5.74, 6) is 4.89. The maximum absolute atomic E-state index is 4.89. The molecule has 0 bridgehead atoms. The number of hydrogen-bond acceptors (Lipinski definition) is 2. The molecule has 2 nitrogen and oxygen atoms in total. The van der Waals surface area contributed by atoms with Crippen LogP contribution in [0.1, 0.15) is 13.8 Å². The maximum atomic E-state index is 4.89. The Bertz CT molecular complexity index is 92.3. The summed E-state index contributed by atoms with van der Waals surface area (Å²) in [4.78, 5) is 0. The van der Waals surface area contributed by atoms with Crippen molar-refractivity contribution >= 4 is 5.71 Å². The highest BCUT2D eigenvalue weighted by molar-refractivity contribution is 5.92. The minimum absolute atomic E-state index is 0.850. The van der Waals surface area contributed by atoms with Crippen LogP contribution in [0.15, 0.2) is 17.3 Å². The fourth-order valence-corrected chi connectivity index (χ4v) is 0.284. The smallest absolute Gasteiger partial charge is 0.0566 e. The molecule has 2 N–H and O–H groups in total. The summed E-state index contributed by atoms with van der Waals surface area (Å²) in [6.45, 7) is 3.77. The summed E-state index contributed by atoms with van der Waals surface area (Å²) in [5.41, 5.74) is 0.850. The molecule has 40 valence electrons. The van der Waals surface area contributed by atoms with E-state index in [0.29, 0.717) is 0 Å². The molecule has 0 saturated heterocycles. The Morgan fingerprint density at radius 3 is 2.43 bits per heavy atom. The monoisotopic (exact) mass is 98.1 g/mol. The standard InChI is InChI=1S/C5H10N2/c1-3-4-5(2)7-6/h3-4H,6H2,1-2H3/b4-3-,7-5-. The van der Waals surface area contributed by atoms with Crippen molar-refractivity contribution in [3.63, 3.8) is 0 Å². The van der Waals surface area contributed by atoms with E-state index in [2.05, 4.69) is 5.10 Å². The Hall–Kier alpha value is -0.790. The van der Waals surface area contributed by atoms with Crippen LogP contribution >= 0.6 is 0 Å². The topological polar surface area (TPSA) is 38.4 Å². The normalized spacial score (nSPS) is 13.1. The predicted molar refractivity (Wildman–Crippen MR) is 32.1 cm³/mol. The minimum Gasteiger partial charge on any atom is -0.323 e. The highest BCUT2D eigenvalue weighted by atomic mass is 15.1. The van der Waals surface area contributed by atoms with E-state index in [9.17, 15) is 0 Å². The third-order valence-corrected chi connectivity index (χ3v) is 0.612. The van der Waals surface area contributed by atoms with Crippen molar-refractivity contribution in [2.24, 2.45) is 10.9 Å². The first-order valence-electron chi connectivity index (χ1n) is 2.18. The Labute approximate surface area is 43.7 Å². The zero-order valence-electron chi connectivity index (χ0n) is 4.68. The molecule has 0 aromatic heterocycles. The number of hydrogen-bond donors (Lipinski definition) is 1. The molecule has 2 heteroatoms. The molecule has 0 unspecified atom stereocenters. The molecule has 0 radical (unpaired) electrons. The molecule has 0 aromatic carbocycles. The first-order chi connectivity index (χ1) is 3.31. The Balaban J connectivity index is 3.58. The SMILES string of the molecule is C/C=C\C(C)=N/N. The molecule has 0 aliphatic heterocycles. The van der Waals surface area contributed by atoms with Gasteiger partial charge in [0, 0.05) is 0 Å². The molecular weight excluding hydrogens is 88.1 g/mol. The number of nitrogens with zero attached hydrogens (tertiary/aromatic N) is 1. The molecule has 7 heavy (non-hydrogen) atoms. The molecule has 0 saturated carbocycles. The van der Waals surface area contributed by atoms with Gasteiger partial charge in [-0.1, -0.05) is 6.08 Å². The van der Waals surface area contributed by atoms with Gasteiger partial charge >= 0.3 is 0 Å².